The van der Waals surface area contributed by atoms with Crippen LogP contribution in [0.3, 0.4) is 0 Å². The summed E-state index contributed by atoms with van der Waals surface area (Å²) in [5, 5.41) is 11.0. The Bertz CT molecular complexity index is 870. The number of phenols is 1. The number of aryl methyl sites for hydroxylation is 1. The lowest BCUT2D eigenvalue weighted by atomic mass is 10.1. The first-order valence-corrected chi connectivity index (χ1v) is 9.14. The lowest BCUT2D eigenvalue weighted by Crippen LogP contribution is -2.38. The number of ether oxygens (including phenoxy) is 1. The Balaban J connectivity index is 1.85. The van der Waals surface area contributed by atoms with E-state index in [-0.39, 0.29) is 16.3 Å². The third-order valence-electron chi connectivity index (χ3n) is 5.04. The third-order valence-corrected chi connectivity index (χ3v) is 5.33. The van der Waals surface area contributed by atoms with Crippen LogP contribution in [0.25, 0.3) is 10.9 Å². The Morgan fingerprint density at radius 1 is 1.36 bits per heavy atom. The first-order valence-electron chi connectivity index (χ1n) is 8.76. The zero-order valence-corrected chi connectivity index (χ0v) is 15.1. The second-order valence-corrected chi connectivity index (χ2v) is 7.43. The molecule has 134 valence electrons. The fourth-order valence-corrected chi connectivity index (χ4v) is 3.65. The van der Waals surface area contributed by atoms with Crippen LogP contribution in [-0.2, 0) is 17.8 Å². The first kappa shape index (κ1) is 16.8. The Kier molecular flexibility index (Phi) is 4.43. The monoisotopic (exact) mass is 363 g/mol. The number of nitrogens with zero attached hydrogens (tertiary/aromatic N) is 3. The summed E-state index contributed by atoms with van der Waals surface area (Å²) in [6.45, 7) is 6.12. The molecule has 0 bridgehead atoms. The molecule has 4 rings (SSSR count). The molecule has 2 heterocycles. The zero-order chi connectivity index (χ0) is 17.6. The Labute approximate surface area is 151 Å². The van der Waals surface area contributed by atoms with Crippen molar-refractivity contribution in [1.82, 2.24) is 14.5 Å². The van der Waals surface area contributed by atoms with Crippen LogP contribution in [0.2, 0.25) is 5.02 Å². The summed E-state index contributed by atoms with van der Waals surface area (Å²) < 4.78 is 7.20. The number of fused-ring (bicyclic) bond motifs is 1. The van der Waals surface area contributed by atoms with E-state index in [0.29, 0.717) is 48.9 Å². The van der Waals surface area contributed by atoms with Gasteiger partial charge in [-0.05, 0) is 37.3 Å². The van der Waals surface area contributed by atoms with Gasteiger partial charge in [-0.2, -0.15) is 0 Å². The Morgan fingerprint density at radius 2 is 2.08 bits per heavy atom. The molecule has 0 unspecified atom stereocenters. The summed E-state index contributed by atoms with van der Waals surface area (Å²) >= 11 is 6.10. The highest BCUT2D eigenvalue weighted by molar-refractivity contribution is 6.33. The normalized spacial score (nSPS) is 18.8. The molecule has 1 aromatic heterocycles. The summed E-state index contributed by atoms with van der Waals surface area (Å²) in [4.78, 5) is 20.1. The maximum absolute atomic E-state index is 13.2. The van der Waals surface area contributed by atoms with Crippen molar-refractivity contribution in [2.75, 3.05) is 26.3 Å². The Morgan fingerprint density at radius 3 is 2.76 bits per heavy atom. The minimum absolute atomic E-state index is 0.0790. The summed E-state index contributed by atoms with van der Waals surface area (Å²) in [5.41, 5.74) is 0.979. The quantitative estimate of drug-likeness (QED) is 0.902. The molecule has 2 fully saturated rings. The number of hydrogen-bond donors (Lipinski definition) is 1. The highest BCUT2D eigenvalue weighted by atomic mass is 35.5. The first-order chi connectivity index (χ1) is 12.0. The number of halogens is 1. The number of aromatic nitrogens is 2. The van der Waals surface area contributed by atoms with Gasteiger partial charge in [-0.25, -0.2) is 4.98 Å². The van der Waals surface area contributed by atoms with Gasteiger partial charge in [0.15, 0.2) is 5.75 Å². The molecule has 2 aliphatic rings. The van der Waals surface area contributed by atoms with E-state index in [1.807, 2.05) is 6.92 Å². The molecule has 0 radical (unpaired) electrons. The smallest absolute Gasteiger partial charge is 0.261 e. The molecule has 1 N–H and O–H groups in total. The topological polar surface area (TPSA) is 67.6 Å². The van der Waals surface area contributed by atoms with Crippen LogP contribution in [0, 0.1) is 12.8 Å². The summed E-state index contributed by atoms with van der Waals surface area (Å²) in [5.74, 6) is 1.14. The van der Waals surface area contributed by atoms with E-state index in [1.54, 1.807) is 10.6 Å². The summed E-state index contributed by atoms with van der Waals surface area (Å²) in [6, 6.07) is 1.63. The van der Waals surface area contributed by atoms with Crippen LogP contribution in [0.1, 0.15) is 24.2 Å². The van der Waals surface area contributed by atoms with Gasteiger partial charge in [-0.3, -0.25) is 14.3 Å². The van der Waals surface area contributed by atoms with Gasteiger partial charge >= 0.3 is 0 Å². The molecule has 0 amide bonds. The van der Waals surface area contributed by atoms with Crippen molar-refractivity contribution in [1.29, 1.82) is 0 Å². The lowest BCUT2D eigenvalue weighted by Gasteiger charge is -2.27. The largest absolute Gasteiger partial charge is 0.504 e. The molecule has 0 spiro atoms. The molecule has 0 atom stereocenters. The maximum atomic E-state index is 13.2. The van der Waals surface area contributed by atoms with Gasteiger partial charge in [-0.15, -0.1) is 0 Å². The van der Waals surface area contributed by atoms with E-state index in [2.05, 4.69) is 9.88 Å². The van der Waals surface area contributed by atoms with Gasteiger partial charge in [-0.1, -0.05) is 11.6 Å². The van der Waals surface area contributed by atoms with Crippen LogP contribution in [0.5, 0.6) is 5.75 Å². The van der Waals surface area contributed by atoms with Gasteiger partial charge in [0.05, 0.1) is 30.2 Å². The molecule has 1 aliphatic carbocycles. The van der Waals surface area contributed by atoms with Gasteiger partial charge in [0.1, 0.15) is 11.3 Å². The van der Waals surface area contributed by atoms with E-state index in [1.165, 1.54) is 0 Å². The van der Waals surface area contributed by atoms with E-state index in [0.717, 1.165) is 31.5 Å². The van der Waals surface area contributed by atoms with Crippen molar-refractivity contribution in [2.24, 2.45) is 5.92 Å². The number of morpholine rings is 1. The fraction of sp³-hybridized carbons (Fsp3) is 0.556. The Hall–Kier alpha value is -1.63. The van der Waals surface area contributed by atoms with Gasteiger partial charge in [0, 0.05) is 19.6 Å². The highest BCUT2D eigenvalue weighted by Gasteiger charge is 2.26. The zero-order valence-electron chi connectivity index (χ0n) is 14.3. The molecule has 1 aliphatic heterocycles. The van der Waals surface area contributed by atoms with Crippen LogP contribution in [0.4, 0.5) is 0 Å². The highest BCUT2D eigenvalue weighted by Crippen LogP contribution is 2.34. The number of hydrogen-bond acceptors (Lipinski definition) is 5. The fourth-order valence-electron chi connectivity index (χ4n) is 3.40. The molecule has 1 aromatic carbocycles. The minimum atomic E-state index is -0.110. The van der Waals surface area contributed by atoms with Crippen molar-refractivity contribution in [3.63, 3.8) is 0 Å². The maximum Gasteiger partial charge on any atom is 0.261 e. The second kappa shape index (κ2) is 6.59. The predicted molar refractivity (Wildman–Crippen MR) is 96.2 cm³/mol. The number of aromatic hydroxyl groups is 1. The summed E-state index contributed by atoms with van der Waals surface area (Å²) in [7, 11) is 0. The molecule has 1 saturated carbocycles. The van der Waals surface area contributed by atoms with Gasteiger partial charge in [0.25, 0.3) is 5.56 Å². The number of phenolic OH excluding ortho intramolecular Hbond substituents is 1. The lowest BCUT2D eigenvalue weighted by molar-refractivity contribution is 0.0324. The van der Waals surface area contributed by atoms with Crippen molar-refractivity contribution in [3.8, 4) is 5.75 Å². The van der Waals surface area contributed by atoms with Crippen molar-refractivity contribution in [2.45, 2.75) is 32.9 Å². The average molecular weight is 364 g/mol. The third kappa shape index (κ3) is 3.26. The molecule has 25 heavy (non-hydrogen) atoms. The molecular weight excluding hydrogens is 342 g/mol. The average Bonchev–Trinajstić information content (AvgIpc) is 3.41. The van der Waals surface area contributed by atoms with E-state index >= 15 is 0 Å². The number of benzene rings is 1. The summed E-state index contributed by atoms with van der Waals surface area (Å²) in [6.07, 6.45) is 2.32. The molecule has 2 aromatic rings. The van der Waals surface area contributed by atoms with E-state index < -0.39 is 0 Å². The van der Waals surface area contributed by atoms with Crippen molar-refractivity contribution < 1.29 is 9.84 Å². The van der Waals surface area contributed by atoms with Gasteiger partial charge < -0.3 is 9.84 Å². The molecular formula is C18H22ClN3O3. The van der Waals surface area contributed by atoms with Gasteiger partial charge in [0.2, 0.25) is 0 Å². The standard InChI is InChI=1S/C18H22ClN3O3/c1-11-8-13(19)17(23)16-15(11)18(24)22(9-12-2-3-12)14(20-16)10-21-4-6-25-7-5-21/h8,12,23H,2-7,9-10H2,1H3. The number of rotatable bonds is 4. The van der Waals surface area contributed by atoms with Crippen LogP contribution in [-0.4, -0.2) is 45.9 Å². The predicted octanol–water partition coefficient (Wildman–Crippen LogP) is 2.31. The van der Waals surface area contributed by atoms with E-state index in [9.17, 15) is 9.90 Å². The van der Waals surface area contributed by atoms with Crippen LogP contribution >= 0.6 is 11.6 Å². The second-order valence-electron chi connectivity index (χ2n) is 7.02. The van der Waals surface area contributed by atoms with Crippen LogP contribution < -0.4 is 5.56 Å². The molecule has 1 saturated heterocycles. The molecule has 6 nitrogen and oxygen atoms in total. The van der Waals surface area contributed by atoms with E-state index in [4.69, 9.17) is 16.3 Å². The van der Waals surface area contributed by atoms with Crippen molar-refractivity contribution in [3.05, 3.63) is 32.8 Å². The SMILES string of the molecule is Cc1cc(Cl)c(O)c2nc(CN3CCOCC3)n(CC3CC3)c(=O)c12. The molecule has 7 heteroatoms. The van der Waals surface area contributed by atoms with Crippen molar-refractivity contribution >= 4 is 22.5 Å². The minimum Gasteiger partial charge on any atom is -0.504 e. The van der Waals surface area contributed by atoms with Crippen LogP contribution in [0.15, 0.2) is 10.9 Å².